The van der Waals surface area contributed by atoms with Gasteiger partial charge in [-0.05, 0) is 132 Å². The summed E-state index contributed by atoms with van der Waals surface area (Å²) in [6.07, 6.45) is 0. The van der Waals surface area contributed by atoms with E-state index in [4.69, 9.17) is 0 Å². The summed E-state index contributed by atoms with van der Waals surface area (Å²) in [6.45, 7) is 24.3. The molecule has 10 rings (SSSR count). The first-order valence-corrected chi connectivity index (χ1v) is 23.4. The Labute approximate surface area is 403 Å². The summed E-state index contributed by atoms with van der Waals surface area (Å²) in [5.41, 5.74) is 9.88. The van der Waals surface area contributed by atoms with Gasteiger partial charge in [-0.25, -0.2) is 0 Å². The van der Waals surface area contributed by atoms with Crippen molar-refractivity contribution < 1.29 is 8.22 Å². The SMILES string of the molecule is [2H]c1c([2H])c(C(C)(C)C)c([2H])c2c1N(c1ccc(C(C)(C)C)cc1)c1cc(N(c3ccccc3)c3cccc4ccccc34)cc3c1B2c1c([2H])c(C(C)(C)C)c([2H])c([2H])c1N3c1ccc(C(C)(C)C)cc1. The molecule has 3 nitrogen and oxygen atoms in total. The van der Waals surface area contributed by atoms with Gasteiger partial charge in [0.1, 0.15) is 0 Å². The van der Waals surface area contributed by atoms with Crippen molar-refractivity contribution in [3.63, 3.8) is 0 Å². The molecule has 0 unspecified atom stereocenters. The maximum Gasteiger partial charge on any atom is 0.252 e. The lowest BCUT2D eigenvalue weighted by Gasteiger charge is -2.45. The Morgan fingerprint density at radius 1 is 0.424 bits per heavy atom. The molecule has 8 aromatic carbocycles. The van der Waals surface area contributed by atoms with Crippen molar-refractivity contribution in [2.24, 2.45) is 0 Å². The Morgan fingerprint density at radius 2 is 0.864 bits per heavy atom. The fourth-order valence-corrected chi connectivity index (χ4v) is 9.59. The van der Waals surface area contributed by atoms with Crippen LogP contribution in [0.1, 0.15) is 114 Å². The first-order valence-electron chi connectivity index (χ1n) is 26.4. The van der Waals surface area contributed by atoms with Crippen molar-refractivity contribution in [1.82, 2.24) is 0 Å². The highest BCUT2D eigenvalue weighted by atomic mass is 15.2. The maximum absolute atomic E-state index is 10.5. The second-order valence-electron chi connectivity index (χ2n) is 22.3. The molecule has 2 aliphatic heterocycles. The third-order valence-electron chi connectivity index (χ3n) is 13.3. The minimum atomic E-state index is -0.830. The molecule has 0 radical (unpaired) electrons. The molecule has 0 fully saturated rings. The standard InChI is InChI=1S/C62H64BN3/c1-59(2,3)42-25-31-47(32-26-42)65-54-35-29-44(61(7,8)9)37-51(54)63-52-38-45(62(10,11)12)30-36-55(52)66(48-33-27-43(28-34-48)60(4,5)6)57-40-49(39-56(65)58(57)63)64(46-21-14-13-15-22-46)53-24-18-20-41-19-16-17-23-50(41)53/h13-40H,1-12H3/i29D,30D,35D,36D,37D,38D. The molecule has 0 bridgehead atoms. The summed E-state index contributed by atoms with van der Waals surface area (Å²) in [6, 6.07) is 46.6. The summed E-state index contributed by atoms with van der Waals surface area (Å²) in [7, 11) is 0. The lowest BCUT2D eigenvalue weighted by molar-refractivity contribution is 0.590. The van der Waals surface area contributed by atoms with Crippen LogP contribution in [0.25, 0.3) is 10.8 Å². The highest BCUT2D eigenvalue weighted by molar-refractivity contribution is 7.00. The Morgan fingerprint density at radius 3 is 1.33 bits per heavy atom. The number of hydrogen-bond donors (Lipinski definition) is 0. The van der Waals surface area contributed by atoms with Crippen molar-refractivity contribution in [2.45, 2.75) is 105 Å². The zero-order valence-corrected chi connectivity index (χ0v) is 40.6. The van der Waals surface area contributed by atoms with E-state index in [1.165, 1.54) is 0 Å². The van der Waals surface area contributed by atoms with Gasteiger partial charge in [-0.1, -0.05) is 186 Å². The molecule has 0 saturated carbocycles. The summed E-state index contributed by atoms with van der Waals surface area (Å²) in [5, 5.41) is 2.13. The zero-order chi connectivity index (χ0) is 51.7. The molecule has 330 valence electrons. The number of anilines is 9. The minimum Gasteiger partial charge on any atom is -0.311 e. The van der Waals surface area contributed by atoms with Crippen LogP contribution < -0.4 is 31.1 Å². The second-order valence-corrected chi connectivity index (χ2v) is 22.3. The fraction of sp³-hybridized carbons (Fsp3) is 0.258. The topological polar surface area (TPSA) is 9.72 Å². The molecule has 2 heterocycles. The molecule has 0 aliphatic carbocycles. The monoisotopic (exact) mass is 868 g/mol. The highest BCUT2D eigenvalue weighted by Gasteiger charge is 2.45. The summed E-state index contributed by atoms with van der Waals surface area (Å²) in [4.78, 5) is 6.46. The number of benzene rings is 8. The normalized spacial score (nSPS) is 14.9. The van der Waals surface area contributed by atoms with Crippen molar-refractivity contribution in [2.75, 3.05) is 14.7 Å². The highest BCUT2D eigenvalue weighted by Crippen LogP contribution is 2.50. The largest absolute Gasteiger partial charge is 0.311 e. The number of nitrogens with zero attached hydrogens (tertiary/aromatic N) is 3. The average molecular weight is 868 g/mol. The quantitative estimate of drug-likeness (QED) is 0.160. The fourth-order valence-electron chi connectivity index (χ4n) is 9.59. The lowest BCUT2D eigenvalue weighted by atomic mass is 9.33. The van der Waals surface area contributed by atoms with Gasteiger partial charge in [-0.15, -0.1) is 0 Å². The third kappa shape index (κ3) is 7.49. The Hall–Kier alpha value is -6.52. The Balaban J connectivity index is 1.44. The van der Waals surface area contributed by atoms with Crippen LogP contribution in [0.3, 0.4) is 0 Å². The van der Waals surface area contributed by atoms with Crippen LogP contribution in [0.15, 0.2) is 170 Å². The van der Waals surface area contributed by atoms with E-state index in [-0.39, 0.29) is 47.1 Å². The van der Waals surface area contributed by atoms with Gasteiger partial charge in [-0.3, -0.25) is 0 Å². The van der Waals surface area contributed by atoms with Gasteiger partial charge in [0.25, 0.3) is 6.71 Å². The minimum absolute atomic E-state index is 0.00933. The van der Waals surface area contributed by atoms with E-state index < -0.39 is 17.5 Å². The maximum atomic E-state index is 10.5. The summed E-state index contributed by atoms with van der Waals surface area (Å²) < 4.78 is 61.0. The van der Waals surface area contributed by atoms with Crippen LogP contribution in [-0.4, -0.2) is 6.71 Å². The van der Waals surface area contributed by atoms with Crippen molar-refractivity contribution >= 4 is 85.1 Å². The average Bonchev–Trinajstić information content (AvgIpc) is 3.31. The molecule has 66 heavy (non-hydrogen) atoms. The molecule has 2 aliphatic rings. The van der Waals surface area contributed by atoms with Crippen LogP contribution in [0.4, 0.5) is 51.2 Å². The van der Waals surface area contributed by atoms with Gasteiger partial charge in [-0.2, -0.15) is 0 Å². The first kappa shape index (κ1) is 36.7. The van der Waals surface area contributed by atoms with Gasteiger partial charge >= 0.3 is 0 Å². The summed E-state index contributed by atoms with van der Waals surface area (Å²) in [5.74, 6) is 0. The predicted octanol–water partition coefficient (Wildman–Crippen LogP) is 15.6. The number of rotatable bonds is 5. The van der Waals surface area contributed by atoms with Gasteiger partial charge < -0.3 is 14.7 Å². The zero-order valence-electron chi connectivity index (χ0n) is 46.6. The van der Waals surface area contributed by atoms with Crippen LogP contribution in [-0.2, 0) is 21.7 Å². The van der Waals surface area contributed by atoms with Crippen LogP contribution in [0, 0.1) is 0 Å². The van der Waals surface area contributed by atoms with E-state index in [1.54, 1.807) is 0 Å². The van der Waals surface area contributed by atoms with E-state index >= 15 is 0 Å². The van der Waals surface area contributed by atoms with E-state index in [0.717, 1.165) is 67.2 Å². The predicted molar refractivity (Wildman–Crippen MR) is 287 cm³/mol. The van der Waals surface area contributed by atoms with E-state index in [0.29, 0.717) is 33.4 Å². The van der Waals surface area contributed by atoms with Crippen molar-refractivity contribution in [1.29, 1.82) is 0 Å². The molecule has 8 aromatic rings. The smallest absolute Gasteiger partial charge is 0.252 e. The van der Waals surface area contributed by atoms with Gasteiger partial charge in [0, 0.05) is 45.2 Å². The van der Waals surface area contributed by atoms with E-state index in [9.17, 15) is 8.22 Å². The Bertz CT molecular complexity index is 3300. The van der Waals surface area contributed by atoms with Gasteiger partial charge in [0.15, 0.2) is 0 Å². The molecule has 4 heteroatoms. The first-order chi connectivity index (χ1) is 33.8. The Kier molecular flexibility index (Phi) is 8.64. The molecule has 0 spiro atoms. The van der Waals surface area contributed by atoms with Gasteiger partial charge in [0.05, 0.1) is 19.6 Å². The molecule has 0 amide bonds. The number of para-hydroxylation sites is 1. The molecule has 0 aromatic heterocycles. The van der Waals surface area contributed by atoms with Crippen LogP contribution >= 0.6 is 0 Å². The molecule has 0 N–H and O–H groups in total. The second kappa shape index (κ2) is 15.5. The summed E-state index contributed by atoms with van der Waals surface area (Å²) >= 11 is 0. The van der Waals surface area contributed by atoms with E-state index in [1.807, 2.05) is 59.7 Å². The van der Waals surface area contributed by atoms with E-state index in [2.05, 4.69) is 172 Å². The number of hydrogen-bond acceptors (Lipinski definition) is 3. The third-order valence-corrected chi connectivity index (χ3v) is 13.3. The van der Waals surface area contributed by atoms with Crippen LogP contribution in [0.5, 0.6) is 0 Å². The molecule has 0 atom stereocenters. The van der Waals surface area contributed by atoms with Crippen molar-refractivity contribution in [3.05, 3.63) is 192 Å². The molecule has 0 saturated heterocycles. The molecular weight excluding hydrogens is 798 g/mol. The molecular formula is C62H64BN3. The van der Waals surface area contributed by atoms with Gasteiger partial charge in [0.2, 0.25) is 0 Å². The van der Waals surface area contributed by atoms with Crippen LogP contribution in [0.2, 0.25) is 0 Å². The lowest BCUT2D eigenvalue weighted by Crippen LogP contribution is -2.61. The number of fused-ring (bicyclic) bond motifs is 5. The van der Waals surface area contributed by atoms with Crippen molar-refractivity contribution in [3.8, 4) is 0 Å².